The summed E-state index contributed by atoms with van der Waals surface area (Å²) in [6.07, 6.45) is 4.33. The van der Waals surface area contributed by atoms with E-state index in [0.29, 0.717) is 12.1 Å². The summed E-state index contributed by atoms with van der Waals surface area (Å²) < 4.78 is 5.39. The molecule has 2 N–H and O–H groups in total. The Kier molecular flexibility index (Phi) is 3.35. The van der Waals surface area contributed by atoms with Crippen molar-refractivity contribution in [3.63, 3.8) is 0 Å². The molecule has 1 aliphatic heterocycles. The van der Waals surface area contributed by atoms with Crippen molar-refractivity contribution < 1.29 is 4.74 Å². The molecule has 3 heteroatoms. The van der Waals surface area contributed by atoms with Gasteiger partial charge in [0.05, 0.1) is 6.61 Å². The highest BCUT2D eigenvalue weighted by Gasteiger charge is 2.18. The summed E-state index contributed by atoms with van der Waals surface area (Å²) in [7, 11) is 0. The molecule has 96 valence electrons. The topological polar surface area (TPSA) is 37.0 Å². The molecular formula is C15H20N2O. The molecule has 0 radical (unpaired) electrons. The SMILES string of the molecule is C[C@H](Cc1c[nH]c2ccccc12)NC1CCOC1. The predicted molar refractivity (Wildman–Crippen MR) is 73.8 cm³/mol. The Bertz CT molecular complexity index is 514. The van der Waals surface area contributed by atoms with Crippen molar-refractivity contribution in [2.75, 3.05) is 13.2 Å². The van der Waals surface area contributed by atoms with Gasteiger partial charge in [0.25, 0.3) is 0 Å². The van der Waals surface area contributed by atoms with Crippen LogP contribution in [0.15, 0.2) is 30.5 Å². The molecule has 2 aromatic rings. The maximum absolute atomic E-state index is 5.39. The first-order valence-corrected chi connectivity index (χ1v) is 6.72. The third-order valence-corrected chi connectivity index (χ3v) is 3.65. The Morgan fingerprint density at radius 3 is 3.17 bits per heavy atom. The number of hydrogen-bond donors (Lipinski definition) is 2. The van der Waals surface area contributed by atoms with E-state index in [4.69, 9.17) is 4.74 Å². The van der Waals surface area contributed by atoms with E-state index < -0.39 is 0 Å². The predicted octanol–water partition coefficient (Wildman–Crippen LogP) is 2.48. The maximum Gasteiger partial charge on any atom is 0.0620 e. The maximum atomic E-state index is 5.39. The summed E-state index contributed by atoms with van der Waals surface area (Å²) in [5.41, 5.74) is 2.62. The smallest absolute Gasteiger partial charge is 0.0620 e. The second kappa shape index (κ2) is 5.12. The lowest BCUT2D eigenvalue weighted by Crippen LogP contribution is -2.37. The fourth-order valence-corrected chi connectivity index (χ4v) is 2.76. The first kappa shape index (κ1) is 11.8. The quantitative estimate of drug-likeness (QED) is 0.867. The molecule has 0 aliphatic carbocycles. The Morgan fingerprint density at radius 1 is 1.44 bits per heavy atom. The number of para-hydroxylation sites is 1. The van der Waals surface area contributed by atoms with Crippen LogP contribution in [0.25, 0.3) is 10.9 Å². The number of rotatable bonds is 4. The van der Waals surface area contributed by atoms with E-state index in [-0.39, 0.29) is 0 Å². The van der Waals surface area contributed by atoms with Gasteiger partial charge in [-0.2, -0.15) is 0 Å². The Hall–Kier alpha value is -1.32. The van der Waals surface area contributed by atoms with E-state index in [1.54, 1.807) is 0 Å². The molecular weight excluding hydrogens is 224 g/mol. The first-order valence-electron chi connectivity index (χ1n) is 6.72. The Balaban J connectivity index is 1.67. The molecule has 2 atom stereocenters. The van der Waals surface area contributed by atoms with Crippen LogP contribution in [0.2, 0.25) is 0 Å². The zero-order chi connectivity index (χ0) is 12.4. The first-order chi connectivity index (χ1) is 8.83. The minimum absolute atomic E-state index is 0.482. The highest BCUT2D eigenvalue weighted by atomic mass is 16.5. The second-order valence-electron chi connectivity index (χ2n) is 5.19. The Labute approximate surface area is 108 Å². The van der Waals surface area contributed by atoms with Crippen LogP contribution in [-0.2, 0) is 11.2 Å². The monoisotopic (exact) mass is 244 g/mol. The van der Waals surface area contributed by atoms with Crippen molar-refractivity contribution in [3.8, 4) is 0 Å². The zero-order valence-electron chi connectivity index (χ0n) is 10.8. The second-order valence-corrected chi connectivity index (χ2v) is 5.19. The average Bonchev–Trinajstić information content (AvgIpc) is 3.00. The highest BCUT2D eigenvalue weighted by molar-refractivity contribution is 5.83. The van der Waals surface area contributed by atoms with Crippen LogP contribution in [0.1, 0.15) is 18.9 Å². The van der Waals surface area contributed by atoms with Gasteiger partial charge in [-0.3, -0.25) is 0 Å². The van der Waals surface area contributed by atoms with Gasteiger partial charge in [0.2, 0.25) is 0 Å². The number of H-pyrrole nitrogens is 1. The van der Waals surface area contributed by atoms with Crippen molar-refractivity contribution in [3.05, 3.63) is 36.0 Å². The van der Waals surface area contributed by atoms with Gasteiger partial charge in [0, 0.05) is 35.8 Å². The molecule has 2 heterocycles. The number of hydrogen-bond acceptors (Lipinski definition) is 2. The molecule has 1 fully saturated rings. The number of fused-ring (bicyclic) bond motifs is 1. The lowest BCUT2D eigenvalue weighted by atomic mass is 10.1. The van der Waals surface area contributed by atoms with Crippen molar-refractivity contribution in [1.82, 2.24) is 10.3 Å². The number of aromatic nitrogens is 1. The molecule has 1 aromatic carbocycles. The molecule has 0 bridgehead atoms. The average molecular weight is 244 g/mol. The third kappa shape index (κ3) is 2.42. The summed E-state index contributed by atoms with van der Waals surface area (Å²) in [6.45, 7) is 4.01. The normalized spacial score (nSPS) is 21.5. The molecule has 0 saturated carbocycles. The van der Waals surface area contributed by atoms with Gasteiger partial charge in [-0.15, -0.1) is 0 Å². The van der Waals surface area contributed by atoms with Crippen LogP contribution in [0.3, 0.4) is 0 Å². The molecule has 3 rings (SSSR count). The minimum Gasteiger partial charge on any atom is -0.380 e. The minimum atomic E-state index is 0.482. The van der Waals surface area contributed by atoms with Crippen molar-refractivity contribution >= 4 is 10.9 Å². The third-order valence-electron chi connectivity index (χ3n) is 3.65. The summed E-state index contributed by atoms with van der Waals surface area (Å²) >= 11 is 0. The van der Waals surface area contributed by atoms with E-state index in [9.17, 15) is 0 Å². The van der Waals surface area contributed by atoms with Crippen LogP contribution >= 0.6 is 0 Å². The van der Waals surface area contributed by atoms with Gasteiger partial charge < -0.3 is 15.0 Å². The highest BCUT2D eigenvalue weighted by Crippen LogP contribution is 2.19. The van der Waals surface area contributed by atoms with E-state index in [2.05, 4.69) is 47.7 Å². The van der Waals surface area contributed by atoms with Crippen LogP contribution in [0.5, 0.6) is 0 Å². The fraction of sp³-hybridized carbons (Fsp3) is 0.467. The van der Waals surface area contributed by atoms with E-state index in [0.717, 1.165) is 26.1 Å². The number of nitrogens with one attached hydrogen (secondary N) is 2. The lowest BCUT2D eigenvalue weighted by Gasteiger charge is -2.17. The van der Waals surface area contributed by atoms with Crippen molar-refractivity contribution in [1.29, 1.82) is 0 Å². The largest absolute Gasteiger partial charge is 0.380 e. The van der Waals surface area contributed by atoms with E-state index in [1.165, 1.54) is 16.5 Å². The van der Waals surface area contributed by atoms with Gasteiger partial charge in [0.15, 0.2) is 0 Å². The zero-order valence-corrected chi connectivity index (χ0v) is 10.8. The van der Waals surface area contributed by atoms with E-state index >= 15 is 0 Å². The van der Waals surface area contributed by atoms with Crippen molar-refractivity contribution in [2.45, 2.75) is 31.8 Å². The number of ether oxygens (including phenoxy) is 1. The van der Waals surface area contributed by atoms with Gasteiger partial charge in [-0.1, -0.05) is 18.2 Å². The molecule has 1 saturated heterocycles. The number of aromatic amines is 1. The summed E-state index contributed by atoms with van der Waals surface area (Å²) in [5.74, 6) is 0. The molecule has 1 unspecified atom stereocenters. The van der Waals surface area contributed by atoms with Gasteiger partial charge in [0.1, 0.15) is 0 Å². The number of benzene rings is 1. The van der Waals surface area contributed by atoms with E-state index in [1.807, 2.05) is 0 Å². The Morgan fingerprint density at radius 2 is 2.33 bits per heavy atom. The molecule has 0 amide bonds. The van der Waals surface area contributed by atoms with Crippen LogP contribution in [0, 0.1) is 0 Å². The molecule has 18 heavy (non-hydrogen) atoms. The summed E-state index contributed by atoms with van der Waals surface area (Å²) in [5, 5.41) is 4.98. The van der Waals surface area contributed by atoms with Gasteiger partial charge >= 0.3 is 0 Å². The standard InChI is InChI=1S/C15H20N2O/c1-11(17-13-6-7-18-10-13)8-12-9-16-15-5-3-2-4-14(12)15/h2-5,9,11,13,16-17H,6-8,10H2,1H3/t11-,13?/m1/s1. The summed E-state index contributed by atoms with van der Waals surface area (Å²) in [6, 6.07) is 9.50. The lowest BCUT2D eigenvalue weighted by molar-refractivity contribution is 0.188. The summed E-state index contributed by atoms with van der Waals surface area (Å²) in [4.78, 5) is 3.33. The van der Waals surface area contributed by atoms with Crippen LogP contribution < -0.4 is 5.32 Å². The van der Waals surface area contributed by atoms with Crippen LogP contribution in [-0.4, -0.2) is 30.3 Å². The molecule has 0 spiro atoms. The molecule has 1 aliphatic rings. The van der Waals surface area contributed by atoms with Gasteiger partial charge in [-0.25, -0.2) is 0 Å². The molecule has 3 nitrogen and oxygen atoms in total. The molecule has 1 aromatic heterocycles. The fourth-order valence-electron chi connectivity index (χ4n) is 2.76. The van der Waals surface area contributed by atoms with Gasteiger partial charge in [-0.05, 0) is 31.4 Å². The van der Waals surface area contributed by atoms with Crippen LogP contribution in [0.4, 0.5) is 0 Å². The van der Waals surface area contributed by atoms with Crippen molar-refractivity contribution in [2.24, 2.45) is 0 Å².